The van der Waals surface area contributed by atoms with Crippen molar-refractivity contribution in [2.45, 2.75) is 25.3 Å². The van der Waals surface area contributed by atoms with Gasteiger partial charge >= 0.3 is 0 Å². The lowest BCUT2D eigenvalue weighted by Gasteiger charge is -2.26. The molecule has 0 spiro atoms. The molecule has 0 aliphatic heterocycles. The van der Waals surface area contributed by atoms with Crippen LogP contribution in [0.3, 0.4) is 0 Å². The van der Waals surface area contributed by atoms with E-state index < -0.39 is 0 Å². The van der Waals surface area contributed by atoms with Gasteiger partial charge in [-0.3, -0.25) is 9.63 Å². The Balaban J connectivity index is 2.03. The first kappa shape index (κ1) is 8.97. The fourth-order valence-corrected chi connectivity index (χ4v) is 2.89. The third-order valence-corrected chi connectivity index (χ3v) is 3.49. The highest BCUT2D eigenvalue weighted by Gasteiger charge is 2.49. The molecule has 0 aromatic carbocycles. The first-order chi connectivity index (χ1) is 6.24. The quantitative estimate of drug-likeness (QED) is 0.595. The predicted molar refractivity (Wildman–Crippen MR) is 47.4 cm³/mol. The Labute approximate surface area is 77.8 Å². The van der Waals surface area contributed by atoms with Gasteiger partial charge in [-0.15, -0.1) is 0 Å². The maximum Gasteiger partial charge on any atom is 0.248 e. The monoisotopic (exact) mass is 184 g/mol. The smallest absolute Gasteiger partial charge is 0.248 e. The molecule has 0 heterocycles. The van der Waals surface area contributed by atoms with Crippen LogP contribution in [0.2, 0.25) is 0 Å². The van der Waals surface area contributed by atoms with Gasteiger partial charge in [0, 0.05) is 6.04 Å². The molecule has 2 bridgehead atoms. The van der Waals surface area contributed by atoms with Crippen LogP contribution in [0.25, 0.3) is 0 Å². The molecule has 74 valence electrons. The van der Waals surface area contributed by atoms with Crippen LogP contribution in [0.4, 0.5) is 0 Å². The number of hydroxylamine groups is 1. The highest BCUT2D eigenvalue weighted by molar-refractivity contribution is 5.79. The van der Waals surface area contributed by atoms with E-state index >= 15 is 0 Å². The van der Waals surface area contributed by atoms with E-state index in [9.17, 15) is 4.79 Å². The van der Waals surface area contributed by atoms with Gasteiger partial charge in [0.1, 0.15) is 0 Å². The number of nitrogens with one attached hydrogen (secondary N) is 1. The number of fused-ring (bicyclic) bond motifs is 2. The third kappa shape index (κ3) is 1.34. The Hall–Kier alpha value is -0.610. The minimum atomic E-state index is -0.0396. The molecule has 0 saturated heterocycles. The Morgan fingerprint density at radius 1 is 1.46 bits per heavy atom. The molecule has 2 aliphatic rings. The summed E-state index contributed by atoms with van der Waals surface area (Å²) in [5.41, 5.74) is 8.36. The fraction of sp³-hybridized carbons (Fsp3) is 0.889. The maximum absolute atomic E-state index is 11.5. The summed E-state index contributed by atoms with van der Waals surface area (Å²) < 4.78 is 0. The van der Waals surface area contributed by atoms with Gasteiger partial charge in [-0.2, -0.15) is 0 Å². The molecule has 0 radical (unpaired) electrons. The third-order valence-electron chi connectivity index (χ3n) is 3.49. The van der Waals surface area contributed by atoms with Crippen molar-refractivity contribution < 1.29 is 9.63 Å². The average Bonchev–Trinajstić information content (AvgIpc) is 2.63. The van der Waals surface area contributed by atoms with Gasteiger partial charge in [0.15, 0.2) is 0 Å². The summed E-state index contributed by atoms with van der Waals surface area (Å²) in [5, 5.41) is 0. The standard InChI is InChI=1S/C9H16N2O2/c1-13-11-9(12)7-5-2-3-6(4-5)8(7)10/h5-8H,2-4,10H2,1H3,(H,11,12). The van der Waals surface area contributed by atoms with Crippen molar-refractivity contribution in [3.05, 3.63) is 0 Å². The van der Waals surface area contributed by atoms with Crippen LogP contribution < -0.4 is 11.2 Å². The number of nitrogens with two attached hydrogens (primary N) is 1. The van der Waals surface area contributed by atoms with Crippen molar-refractivity contribution in [2.75, 3.05) is 7.11 Å². The van der Waals surface area contributed by atoms with Crippen LogP contribution in [0, 0.1) is 17.8 Å². The molecule has 1 amide bonds. The van der Waals surface area contributed by atoms with Crippen LogP contribution in [0.15, 0.2) is 0 Å². The molecule has 4 heteroatoms. The molecule has 4 unspecified atom stereocenters. The summed E-state index contributed by atoms with van der Waals surface area (Å²) in [7, 11) is 1.45. The molecule has 2 rings (SSSR count). The van der Waals surface area contributed by atoms with Gasteiger partial charge in [0.2, 0.25) is 5.91 Å². The van der Waals surface area contributed by atoms with Gasteiger partial charge in [-0.05, 0) is 31.1 Å². The second kappa shape index (κ2) is 3.27. The van der Waals surface area contributed by atoms with Crippen LogP contribution in [0.5, 0.6) is 0 Å². The van der Waals surface area contributed by atoms with Gasteiger partial charge in [0.05, 0.1) is 13.0 Å². The first-order valence-electron chi connectivity index (χ1n) is 4.82. The minimum absolute atomic E-state index is 0.0151. The maximum atomic E-state index is 11.5. The number of hydrogen-bond acceptors (Lipinski definition) is 3. The molecule has 2 fully saturated rings. The van der Waals surface area contributed by atoms with Crippen LogP contribution in [0.1, 0.15) is 19.3 Å². The largest absolute Gasteiger partial charge is 0.327 e. The van der Waals surface area contributed by atoms with Crippen LogP contribution >= 0.6 is 0 Å². The number of carbonyl (C=O) groups excluding carboxylic acids is 1. The number of amides is 1. The van der Waals surface area contributed by atoms with Crippen molar-refractivity contribution in [1.29, 1.82) is 0 Å². The number of rotatable bonds is 2. The lowest BCUT2D eigenvalue weighted by molar-refractivity contribution is -0.137. The second-order valence-corrected chi connectivity index (χ2v) is 4.11. The van der Waals surface area contributed by atoms with Crippen LogP contribution in [-0.2, 0) is 9.63 Å². The first-order valence-corrected chi connectivity index (χ1v) is 4.82. The van der Waals surface area contributed by atoms with E-state index in [1.807, 2.05) is 0 Å². The van der Waals surface area contributed by atoms with E-state index in [2.05, 4.69) is 10.3 Å². The van der Waals surface area contributed by atoms with Gasteiger partial charge < -0.3 is 5.73 Å². The lowest BCUT2D eigenvalue weighted by atomic mass is 9.84. The Bertz CT molecular complexity index is 218. The molecule has 0 aromatic rings. The summed E-state index contributed by atoms with van der Waals surface area (Å²) in [6.45, 7) is 0. The lowest BCUT2D eigenvalue weighted by Crippen LogP contribution is -2.44. The Kier molecular flexibility index (Phi) is 2.26. The summed E-state index contributed by atoms with van der Waals surface area (Å²) in [4.78, 5) is 16.1. The van der Waals surface area contributed by atoms with Crippen LogP contribution in [-0.4, -0.2) is 19.1 Å². The van der Waals surface area contributed by atoms with E-state index in [1.165, 1.54) is 13.5 Å². The fourth-order valence-electron chi connectivity index (χ4n) is 2.89. The Morgan fingerprint density at radius 2 is 2.15 bits per heavy atom. The molecule has 0 aromatic heterocycles. The van der Waals surface area contributed by atoms with E-state index in [0.717, 1.165) is 12.8 Å². The molecule has 2 aliphatic carbocycles. The van der Waals surface area contributed by atoms with Crippen molar-refractivity contribution in [3.63, 3.8) is 0 Å². The summed E-state index contributed by atoms with van der Waals surface area (Å²) >= 11 is 0. The normalized spacial score (nSPS) is 42.3. The summed E-state index contributed by atoms with van der Waals surface area (Å²) in [6, 6.07) is 0.0499. The number of carbonyl (C=O) groups is 1. The van der Waals surface area contributed by atoms with E-state index in [1.54, 1.807) is 0 Å². The number of hydrogen-bond donors (Lipinski definition) is 2. The van der Waals surface area contributed by atoms with Crippen molar-refractivity contribution in [1.82, 2.24) is 5.48 Å². The van der Waals surface area contributed by atoms with Crippen molar-refractivity contribution in [2.24, 2.45) is 23.5 Å². The molecular formula is C9H16N2O2. The topological polar surface area (TPSA) is 64.3 Å². The van der Waals surface area contributed by atoms with Crippen molar-refractivity contribution >= 4 is 5.91 Å². The average molecular weight is 184 g/mol. The molecular weight excluding hydrogens is 168 g/mol. The summed E-state index contributed by atoms with van der Waals surface area (Å²) in [5.74, 6) is 1.01. The Morgan fingerprint density at radius 3 is 2.69 bits per heavy atom. The zero-order valence-electron chi connectivity index (χ0n) is 7.82. The molecule has 4 nitrogen and oxygen atoms in total. The highest BCUT2D eigenvalue weighted by atomic mass is 16.6. The van der Waals surface area contributed by atoms with Gasteiger partial charge in [-0.1, -0.05) is 0 Å². The molecule has 13 heavy (non-hydrogen) atoms. The molecule has 4 atom stereocenters. The van der Waals surface area contributed by atoms with E-state index in [-0.39, 0.29) is 17.9 Å². The zero-order chi connectivity index (χ0) is 9.42. The zero-order valence-corrected chi connectivity index (χ0v) is 7.82. The van der Waals surface area contributed by atoms with E-state index in [4.69, 9.17) is 5.73 Å². The van der Waals surface area contributed by atoms with Gasteiger partial charge in [0.25, 0.3) is 0 Å². The van der Waals surface area contributed by atoms with Crippen molar-refractivity contribution in [3.8, 4) is 0 Å². The SMILES string of the molecule is CONC(=O)C1C2CCC(C2)C1N. The van der Waals surface area contributed by atoms with Gasteiger partial charge in [-0.25, -0.2) is 5.48 Å². The molecule has 3 N–H and O–H groups in total. The highest BCUT2D eigenvalue weighted by Crippen LogP contribution is 2.47. The summed E-state index contributed by atoms with van der Waals surface area (Å²) in [6.07, 6.45) is 3.48. The predicted octanol–water partition coefficient (Wildman–Crippen LogP) is 0.0374. The molecule has 2 saturated carbocycles. The minimum Gasteiger partial charge on any atom is -0.327 e. The second-order valence-electron chi connectivity index (χ2n) is 4.11. The van der Waals surface area contributed by atoms with E-state index in [0.29, 0.717) is 11.8 Å².